The molecular formula is C11H14N2O4S2. The summed E-state index contributed by atoms with van der Waals surface area (Å²) < 4.78 is 26.8. The van der Waals surface area contributed by atoms with Crippen molar-refractivity contribution in [2.75, 3.05) is 0 Å². The predicted octanol–water partition coefficient (Wildman–Crippen LogP) is 1.08. The highest BCUT2D eigenvalue weighted by atomic mass is 32.2. The van der Waals surface area contributed by atoms with Gasteiger partial charge in [-0.05, 0) is 26.2 Å². The van der Waals surface area contributed by atoms with E-state index in [-0.39, 0.29) is 10.3 Å². The number of hydrogen-bond acceptors (Lipinski definition) is 5. The summed E-state index contributed by atoms with van der Waals surface area (Å²) in [5, 5.41) is 9.86. The molecule has 0 aliphatic carbocycles. The first-order valence-electron chi connectivity index (χ1n) is 6.10. The van der Waals surface area contributed by atoms with E-state index < -0.39 is 28.0 Å². The number of nitrogens with zero attached hydrogens (tertiary/aromatic N) is 2. The summed E-state index contributed by atoms with van der Waals surface area (Å²) in [6, 6.07) is -0.562. The van der Waals surface area contributed by atoms with Crippen LogP contribution in [0.2, 0.25) is 0 Å². The predicted molar refractivity (Wildman–Crippen MR) is 68.4 cm³/mol. The maximum absolute atomic E-state index is 12.6. The molecule has 3 unspecified atom stereocenters. The fraction of sp³-hybridized carbons (Fsp3) is 0.636. The van der Waals surface area contributed by atoms with Crippen molar-refractivity contribution in [2.24, 2.45) is 5.92 Å². The third-order valence-corrected chi connectivity index (χ3v) is 7.25. The highest BCUT2D eigenvalue weighted by molar-refractivity contribution is 7.91. The molecule has 1 aromatic rings. The number of rotatable bonds is 3. The summed E-state index contributed by atoms with van der Waals surface area (Å²) >= 11 is 1.13. The number of aromatic nitrogens is 1. The van der Waals surface area contributed by atoms with Crippen LogP contribution in [0.15, 0.2) is 10.4 Å². The minimum atomic E-state index is -3.59. The largest absolute Gasteiger partial charge is 0.481 e. The maximum Gasteiger partial charge on any atom is 0.308 e. The Morgan fingerprint density at radius 1 is 1.53 bits per heavy atom. The summed E-state index contributed by atoms with van der Waals surface area (Å²) in [6.45, 7) is 1.75. The minimum Gasteiger partial charge on any atom is -0.481 e. The summed E-state index contributed by atoms with van der Waals surface area (Å²) in [5.41, 5.74) is 0. The fourth-order valence-corrected chi connectivity index (χ4v) is 6.27. The number of fused-ring (bicyclic) bond motifs is 2. The zero-order valence-electron chi connectivity index (χ0n) is 10.3. The third-order valence-electron chi connectivity index (χ3n) is 3.92. The third kappa shape index (κ3) is 1.89. The first kappa shape index (κ1) is 13.0. The van der Waals surface area contributed by atoms with Gasteiger partial charge in [-0.25, -0.2) is 13.4 Å². The van der Waals surface area contributed by atoms with Crippen LogP contribution in [0.1, 0.15) is 24.3 Å². The average Bonchev–Trinajstić information content (AvgIpc) is 3.01. The van der Waals surface area contributed by atoms with E-state index in [9.17, 15) is 13.2 Å². The van der Waals surface area contributed by atoms with E-state index in [1.54, 1.807) is 6.92 Å². The second-order valence-corrected chi connectivity index (χ2v) is 8.32. The molecular weight excluding hydrogens is 288 g/mol. The van der Waals surface area contributed by atoms with Gasteiger partial charge in [0.25, 0.3) is 10.0 Å². The lowest BCUT2D eigenvalue weighted by molar-refractivity contribution is -0.142. The molecule has 3 heterocycles. The number of aryl methyl sites for hydroxylation is 1. The van der Waals surface area contributed by atoms with Gasteiger partial charge in [-0.2, -0.15) is 4.31 Å². The molecule has 8 heteroatoms. The van der Waals surface area contributed by atoms with E-state index >= 15 is 0 Å². The van der Waals surface area contributed by atoms with Gasteiger partial charge >= 0.3 is 5.97 Å². The van der Waals surface area contributed by atoms with Gasteiger partial charge in [-0.1, -0.05) is 0 Å². The molecule has 104 valence electrons. The van der Waals surface area contributed by atoms with Crippen molar-refractivity contribution in [3.63, 3.8) is 0 Å². The molecule has 0 saturated carbocycles. The van der Waals surface area contributed by atoms with Gasteiger partial charge in [0.2, 0.25) is 0 Å². The molecule has 2 bridgehead atoms. The van der Waals surface area contributed by atoms with Crippen LogP contribution in [0, 0.1) is 12.8 Å². The molecule has 0 amide bonds. The lowest BCUT2D eigenvalue weighted by atomic mass is 9.89. The van der Waals surface area contributed by atoms with E-state index in [1.165, 1.54) is 10.5 Å². The van der Waals surface area contributed by atoms with Gasteiger partial charge in [0.1, 0.15) is 0 Å². The molecule has 2 saturated heterocycles. The fourth-order valence-electron chi connectivity index (χ4n) is 3.14. The second-order valence-electron chi connectivity index (χ2n) is 5.01. The van der Waals surface area contributed by atoms with Crippen molar-refractivity contribution in [1.29, 1.82) is 0 Å². The van der Waals surface area contributed by atoms with Crippen molar-refractivity contribution < 1.29 is 18.3 Å². The molecule has 0 radical (unpaired) electrons. The first-order valence-corrected chi connectivity index (χ1v) is 8.35. The molecule has 2 aliphatic heterocycles. The van der Waals surface area contributed by atoms with Crippen LogP contribution in [0.4, 0.5) is 0 Å². The molecule has 1 N–H and O–H groups in total. The highest BCUT2D eigenvalue weighted by Gasteiger charge is 2.54. The van der Waals surface area contributed by atoms with Crippen LogP contribution in [0.25, 0.3) is 0 Å². The molecule has 3 rings (SSSR count). The lowest BCUT2D eigenvalue weighted by Gasteiger charge is -2.21. The Balaban J connectivity index is 1.97. The SMILES string of the molecule is Cc1ncc(S(=O)(=O)N2C3CCC2C(C(=O)O)C3)s1. The maximum atomic E-state index is 12.6. The van der Waals surface area contributed by atoms with E-state index in [4.69, 9.17) is 5.11 Å². The molecule has 2 fully saturated rings. The molecule has 1 aromatic heterocycles. The van der Waals surface area contributed by atoms with Crippen LogP contribution in [-0.2, 0) is 14.8 Å². The van der Waals surface area contributed by atoms with Gasteiger partial charge in [0.15, 0.2) is 4.21 Å². The Kier molecular flexibility index (Phi) is 2.91. The Hall–Kier alpha value is -0.990. The Morgan fingerprint density at radius 2 is 2.26 bits per heavy atom. The van der Waals surface area contributed by atoms with Gasteiger partial charge in [-0.3, -0.25) is 4.79 Å². The van der Waals surface area contributed by atoms with E-state index in [2.05, 4.69) is 4.98 Å². The lowest BCUT2D eigenvalue weighted by Crippen LogP contribution is -2.37. The molecule has 3 atom stereocenters. The second kappa shape index (κ2) is 4.26. The minimum absolute atomic E-state index is 0.168. The standard InChI is InChI=1S/C11H14N2O4S2/c1-6-12-5-10(18-6)19(16,17)13-7-2-3-9(13)8(4-7)11(14)15/h5,7-9H,2-4H2,1H3,(H,14,15). The van der Waals surface area contributed by atoms with Crippen LogP contribution in [0.3, 0.4) is 0 Å². The van der Waals surface area contributed by atoms with Gasteiger partial charge in [-0.15, -0.1) is 11.3 Å². The summed E-state index contributed by atoms with van der Waals surface area (Å²) in [5.74, 6) is -1.46. The normalized spacial score (nSPS) is 30.9. The summed E-state index contributed by atoms with van der Waals surface area (Å²) in [7, 11) is -3.59. The zero-order valence-corrected chi connectivity index (χ0v) is 11.9. The number of hydrogen-bond donors (Lipinski definition) is 1. The van der Waals surface area contributed by atoms with E-state index in [0.717, 1.165) is 17.8 Å². The number of sulfonamides is 1. The Morgan fingerprint density at radius 3 is 2.79 bits per heavy atom. The van der Waals surface area contributed by atoms with E-state index in [1.807, 2.05) is 0 Å². The summed E-state index contributed by atoms with van der Waals surface area (Å²) in [4.78, 5) is 15.1. The number of aliphatic carboxylic acids is 1. The van der Waals surface area contributed by atoms with E-state index in [0.29, 0.717) is 17.8 Å². The number of thiazole rings is 1. The molecule has 2 aliphatic rings. The number of carboxylic acid groups (broad SMARTS) is 1. The quantitative estimate of drug-likeness (QED) is 0.902. The van der Waals surface area contributed by atoms with Crippen LogP contribution in [0.5, 0.6) is 0 Å². The molecule has 0 spiro atoms. The van der Waals surface area contributed by atoms with Crippen molar-refractivity contribution in [1.82, 2.24) is 9.29 Å². The smallest absolute Gasteiger partial charge is 0.308 e. The topological polar surface area (TPSA) is 87.6 Å². The summed E-state index contributed by atoms with van der Waals surface area (Å²) in [6.07, 6.45) is 3.18. The van der Waals surface area contributed by atoms with Crippen LogP contribution < -0.4 is 0 Å². The molecule has 0 aromatic carbocycles. The van der Waals surface area contributed by atoms with Crippen molar-refractivity contribution in [2.45, 2.75) is 42.5 Å². The van der Waals surface area contributed by atoms with Gasteiger partial charge in [0.05, 0.1) is 17.1 Å². The number of carboxylic acids is 1. The zero-order chi connectivity index (χ0) is 13.8. The Bertz CT molecular complexity index is 624. The average molecular weight is 302 g/mol. The number of carbonyl (C=O) groups is 1. The van der Waals surface area contributed by atoms with Crippen molar-refractivity contribution >= 4 is 27.3 Å². The molecule has 19 heavy (non-hydrogen) atoms. The van der Waals surface area contributed by atoms with Gasteiger partial charge in [0, 0.05) is 12.1 Å². The monoisotopic (exact) mass is 302 g/mol. The van der Waals surface area contributed by atoms with Crippen LogP contribution >= 0.6 is 11.3 Å². The van der Waals surface area contributed by atoms with Crippen molar-refractivity contribution in [3.05, 3.63) is 11.2 Å². The molecule has 6 nitrogen and oxygen atoms in total. The highest BCUT2D eigenvalue weighted by Crippen LogP contribution is 2.45. The van der Waals surface area contributed by atoms with Crippen LogP contribution in [-0.4, -0.2) is 40.9 Å². The van der Waals surface area contributed by atoms with Gasteiger partial charge < -0.3 is 5.11 Å². The van der Waals surface area contributed by atoms with Crippen molar-refractivity contribution in [3.8, 4) is 0 Å². The first-order chi connectivity index (χ1) is 8.91. The Labute approximate surface area is 115 Å².